The zero-order chi connectivity index (χ0) is 13.2. The molecule has 100 valence electrons. The Morgan fingerprint density at radius 2 is 2.00 bits per heavy atom. The van der Waals surface area contributed by atoms with E-state index in [1.807, 2.05) is 13.1 Å². The second-order valence-electron chi connectivity index (χ2n) is 5.45. The minimum absolute atomic E-state index is 0.159. The summed E-state index contributed by atoms with van der Waals surface area (Å²) in [4.78, 5) is 0. The zero-order valence-electron chi connectivity index (χ0n) is 11.6. The van der Waals surface area contributed by atoms with Crippen molar-refractivity contribution in [2.45, 2.75) is 38.1 Å². The molecule has 2 nitrogen and oxygen atoms in total. The summed E-state index contributed by atoms with van der Waals surface area (Å²) in [6.45, 7) is 2.11. The third-order valence-corrected chi connectivity index (χ3v) is 4.30. The van der Waals surface area contributed by atoms with Crippen LogP contribution in [0.3, 0.4) is 0 Å². The van der Waals surface area contributed by atoms with Gasteiger partial charge in [0.2, 0.25) is 0 Å². The predicted molar refractivity (Wildman–Crippen MR) is 77.4 cm³/mol. The summed E-state index contributed by atoms with van der Waals surface area (Å²) < 4.78 is 5.70. The molecule has 1 N–H and O–H groups in total. The summed E-state index contributed by atoms with van der Waals surface area (Å²) in [5, 5.41) is 3.41. The molecule has 1 unspecified atom stereocenters. The van der Waals surface area contributed by atoms with Gasteiger partial charge < -0.3 is 9.73 Å². The van der Waals surface area contributed by atoms with Gasteiger partial charge in [0.25, 0.3) is 0 Å². The number of aryl methyl sites for hydroxylation is 1. The lowest BCUT2D eigenvalue weighted by molar-refractivity contribution is 0.408. The van der Waals surface area contributed by atoms with Gasteiger partial charge in [0.1, 0.15) is 5.76 Å². The van der Waals surface area contributed by atoms with Crippen molar-refractivity contribution < 1.29 is 4.42 Å². The number of hydrogen-bond donors (Lipinski definition) is 1. The second kappa shape index (κ2) is 5.22. The zero-order valence-corrected chi connectivity index (χ0v) is 11.6. The van der Waals surface area contributed by atoms with Crippen LogP contribution in [-0.2, 0) is 0 Å². The monoisotopic (exact) mass is 255 g/mol. The summed E-state index contributed by atoms with van der Waals surface area (Å²) in [6, 6.07) is 11.0. The van der Waals surface area contributed by atoms with Crippen LogP contribution in [0.25, 0.3) is 0 Å². The molecule has 1 aliphatic carbocycles. The van der Waals surface area contributed by atoms with Crippen LogP contribution in [-0.4, -0.2) is 7.05 Å². The van der Waals surface area contributed by atoms with Crippen LogP contribution in [0.4, 0.5) is 0 Å². The molecule has 0 aliphatic heterocycles. The van der Waals surface area contributed by atoms with Crippen LogP contribution in [0.2, 0.25) is 0 Å². The van der Waals surface area contributed by atoms with Crippen molar-refractivity contribution in [3.63, 3.8) is 0 Å². The van der Waals surface area contributed by atoms with Gasteiger partial charge in [-0.2, -0.15) is 0 Å². The Morgan fingerprint density at radius 3 is 2.58 bits per heavy atom. The molecule has 1 aromatic carbocycles. The third kappa shape index (κ3) is 2.21. The molecular weight excluding hydrogens is 234 g/mol. The third-order valence-electron chi connectivity index (χ3n) is 4.30. The van der Waals surface area contributed by atoms with Gasteiger partial charge >= 0.3 is 0 Å². The second-order valence-corrected chi connectivity index (χ2v) is 5.45. The first-order chi connectivity index (χ1) is 9.31. The highest BCUT2D eigenvalue weighted by atomic mass is 16.3. The fourth-order valence-electron chi connectivity index (χ4n) is 2.97. The summed E-state index contributed by atoms with van der Waals surface area (Å²) in [5.41, 5.74) is 4.07. The van der Waals surface area contributed by atoms with Crippen molar-refractivity contribution in [2.24, 2.45) is 0 Å². The summed E-state index contributed by atoms with van der Waals surface area (Å²) in [7, 11) is 2.00. The lowest BCUT2D eigenvalue weighted by Gasteiger charge is -2.30. The maximum Gasteiger partial charge on any atom is 0.128 e. The van der Waals surface area contributed by atoms with Gasteiger partial charge in [-0.3, -0.25) is 0 Å². The lowest BCUT2D eigenvalue weighted by Crippen LogP contribution is -2.21. The molecule has 2 heteroatoms. The highest BCUT2D eigenvalue weighted by Crippen LogP contribution is 2.40. The molecule has 0 amide bonds. The first-order valence-corrected chi connectivity index (χ1v) is 7.11. The molecular formula is C17H21NO. The Labute approximate surface area is 114 Å². The Balaban J connectivity index is 2.02. The number of rotatable bonds is 4. The fourth-order valence-corrected chi connectivity index (χ4v) is 2.97. The molecule has 0 spiro atoms. The maximum atomic E-state index is 5.70. The van der Waals surface area contributed by atoms with Crippen molar-refractivity contribution in [1.82, 2.24) is 5.32 Å². The minimum Gasteiger partial charge on any atom is -0.467 e. The molecule has 1 atom stereocenters. The maximum absolute atomic E-state index is 5.70. The first kappa shape index (κ1) is 12.5. The van der Waals surface area contributed by atoms with E-state index in [0.717, 1.165) is 11.7 Å². The van der Waals surface area contributed by atoms with Crippen LogP contribution >= 0.6 is 0 Å². The van der Waals surface area contributed by atoms with E-state index in [2.05, 4.69) is 36.5 Å². The van der Waals surface area contributed by atoms with E-state index < -0.39 is 0 Å². The van der Waals surface area contributed by atoms with Crippen LogP contribution < -0.4 is 5.32 Å². The van der Waals surface area contributed by atoms with Crippen LogP contribution in [0.1, 0.15) is 53.7 Å². The lowest BCUT2D eigenvalue weighted by atomic mass is 9.77. The summed E-state index contributed by atoms with van der Waals surface area (Å²) in [6.07, 6.45) is 5.79. The molecule has 1 heterocycles. The normalized spacial score (nSPS) is 17.2. The molecule has 3 rings (SSSR count). The Morgan fingerprint density at radius 1 is 1.21 bits per heavy atom. The van der Waals surface area contributed by atoms with E-state index in [0.29, 0.717) is 0 Å². The van der Waals surface area contributed by atoms with Gasteiger partial charge in [-0.05, 0) is 55.5 Å². The van der Waals surface area contributed by atoms with Gasteiger partial charge in [0, 0.05) is 0 Å². The van der Waals surface area contributed by atoms with Gasteiger partial charge in [-0.1, -0.05) is 30.7 Å². The van der Waals surface area contributed by atoms with Crippen molar-refractivity contribution in [1.29, 1.82) is 0 Å². The Bertz CT molecular complexity index is 554. The molecule has 0 bridgehead atoms. The molecule has 1 fully saturated rings. The molecule has 1 aliphatic rings. The topological polar surface area (TPSA) is 25.2 Å². The van der Waals surface area contributed by atoms with Crippen molar-refractivity contribution >= 4 is 0 Å². The van der Waals surface area contributed by atoms with Crippen molar-refractivity contribution in [3.05, 3.63) is 59.0 Å². The van der Waals surface area contributed by atoms with Crippen molar-refractivity contribution in [3.8, 4) is 0 Å². The fraction of sp³-hybridized carbons (Fsp3) is 0.412. The Hall–Kier alpha value is -1.54. The van der Waals surface area contributed by atoms with Crippen LogP contribution in [0.5, 0.6) is 0 Å². The van der Waals surface area contributed by atoms with E-state index in [4.69, 9.17) is 4.42 Å². The average Bonchev–Trinajstić information content (AvgIpc) is 2.77. The number of hydrogen-bond acceptors (Lipinski definition) is 2. The summed E-state index contributed by atoms with van der Waals surface area (Å²) in [5.74, 6) is 1.77. The highest BCUT2D eigenvalue weighted by Gasteiger charge is 2.26. The average molecular weight is 255 g/mol. The number of benzene rings is 1. The number of furan rings is 1. The van der Waals surface area contributed by atoms with E-state index in [-0.39, 0.29) is 6.04 Å². The van der Waals surface area contributed by atoms with E-state index >= 15 is 0 Å². The van der Waals surface area contributed by atoms with Gasteiger partial charge in [-0.15, -0.1) is 0 Å². The van der Waals surface area contributed by atoms with Gasteiger partial charge in [-0.25, -0.2) is 0 Å². The van der Waals surface area contributed by atoms with E-state index in [1.165, 1.54) is 36.0 Å². The standard InChI is InChI=1S/C17H21NO/c1-12-10-11-19-17(12)16(18-2)15-9-4-3-8-14(15)13-6-5-7-13/h3-4,8-11,13,16,18H,5-7H2,1-2H3. The van der Waals surface area contributed by atoms with Gasteiger partial charge in [0.15, 0.2) is 0 Å². The van der Waals surface area contributed by atoms with Crippen LogP contribution in [0, 0.1) is 6.92 Å². The quantitative estimate of drug-likeness (QED) is 0.887. The minimum atomic E-state index is 0.159. The molecule has 1 aromatic heterocycles. The summed E-state index contributed by atoms with van der Waals surface area (Å²) >= 11 is 0. The molecule has 2 aromatic rings. The van der Waals surface area contributed by atoms with Crippen LogP contribution in [0.15, 0.2) is 41.0 Å². The molecule has 0 saturated heterocycles. The molecule has 19 heavy (non-hydrogen) atoms. The Kier molecular flexibility index (Phi) is 3.43. The largest absolute Gasteiger partial charge is 0.467 e. The molecule has 1 saturated carbocycles. The highest BCUT2D eigenvalue weighted by molar-refractivity contribution is 5.39. The van der Waals surface area contributed by atoms with Crippen molar-refractivity contribution in [2.75, 3.05) is 7.05 Å². The first-order valence-electron chi connectivity index (χ1n) is 7.11. The predicted octanol–water partition coefficient (Wildman–Crippen LogP) is 4.16. The SMILES string of the molecule is CNC(c1ccccc1C1CCC1)c1occc1C. The van der Waals surface area contributed by atoms with E-state index in [9.17, 15) is 0 Å². The molecule has 0 radical (unpaired) electrons. The smallest absolute Gasteiger partial charge is 0.128 e. The van der Waals surface area contributed by atoms with Gasteiger partial charge in [0.05, 0.1) is 12.3 Å². The van der Waals surface area contributed by atoms with E-state index in [1.54, 1.807) is 6.26 Å². The number of nitrogens with one attached hydrogen (secondary N) is 1.